The molecule has 0 fully saturated rings. The number of hydrogen-bond acceptors (Lipinski definition) is 5. The molecule has 0 amide bonds. The summed E-state index contributed by atoms with van der Waals surface area (Å²) in [5, 5.41) is 1.59. The highest BCUT2D eigenvalue weighted by molar-refractivity contribution is 7.07. The van der Waals surface area contributed by atoms with Crippen LogP contribution >= 0.6 is 11.3 Å². The Kier molecular flexibility index (Phi) is 7.02. The van der Waals surface area contributed by atoms with Crippen molar-refractivity contribution in [2.24, 2.45) is 11.3 Å². The van der Waals surface area contributed by atoms with Crippen molar-refractivity contribution in [1.82, 2.24) is 4.98 Å². The molecule has 0 saturated heterocycles. The third-order valence-corrected chi connectivity index (χ3v) is 3.77. The van der Waals surface area contributed by atoms with Gasteiger partial charge in [-0.15, -0.1) is 11.3 Å². The molecule has 1 rings (SSSR count). The van der Waals surface area contributed by atoms with E-state index in [4.69, 9.17) is 4.74 Å². The van der Waals surface area contributed by atoms with Crippen molar-refractivity contribution >= 4 is 23.3 Å². The minimum Gasteiger partial charge on any atom is -0.388 e. The quantitative estimate of drug-likeness (QED) is 0.424. The zero-order chi connectivity index (χ0) is 15.9. The van der Waals surface area contributed by atoms with Crippen LogP contribution in [0.5, 0.6) is 0 Å². The van der Waals surface area contributed by atoms with Crippen molar-refractivity contribution in [3.8, 4) is 0 Å². The number of hydrogen-bond donors (Lipinski definition) is 0. The molecule has 0 radical (unpaired) electrons. The zero-order valence-corrected chi connectivity index (χ0v) is 14.2. The van der Waals surface area contributed by atoms with Gasteiger partial charge in [0.25, 0.3) is 0 Å². The molecule has 0 spiro atoms. The van der Waals surface area contributed by atoms with Gasteiger partial charge in [0.15, 0.2) is 5.69 Å². The Labute approximate surface area is 130 Å². The first kappa shape index (κ1) is 17.8. The average Bonchev–Trinajstić information content (AvgIpc) is 2.90. The molecule has 4 nitrogen and oxygen atoms in total. The standard InChI is InChI=1S/C16H25NO3S/c1-5-6-7-8-12(9-16(2,3)4)14(18)20-15(19)13-10-21-11-17-13/h10-12H,5-9H2,1-4H3. The molecule has 1 aromatic heterocycles. The van der Waals surface area contributed by atoms with E-state index in [1.54, 1.807) is 10.9 Å². The van der Waals surface area contributed by atoms with Crippen LogP contribution in [0, 0.1) is 11.3 Å². The first-order valence-corrected chi connectivity index (χ1v) is 8.42. The number of unbranched alkanes of at least 4 members (excludes halogenated alkanes) is 2. The van der Waals surface area contributed by atoms with Crippen LogP contribution in [0.3, 0.4) is 0 Å². The number of ether oxygens (including phenoxy) is 1. The maximum Gasteiger partial charge on any atom is 0.365 e. The second-order valence-electron chi connectivity index (χ2n) is 6.54. The van der Waals surface area contributed by atoms with Crippen LogP contribution in [0.2, 0.25) is 0 Å². The van der Waals surface area contributed by atoms with Gasteiger partial charge in [-0.2, -0.15) is 0 Å². The molecular formula is C16H25NO3S. The van der Waals surface area contributed by atoms with Gasteiger partial charge in [0.05, 0.1) is 11.4 Å². The van der Waals surface area contributed by atoms with E-state index in [-0.39, 0.29) is 17.0 Å². The molecule has 21 heavy (non-hydrogen) atoms. The summed E-state index contributed by atoms with van der Waals surface area (Å²) in [4.78, 5) is 27.9. The smallest absolute Gasteiger partial charge is 0.365 e. The molecule has 0 bridgehead atoms. The summed E-state index contributed by atoms with van der Waals surface area (Å²) in [6.07, 6.45) is 4.68. The monoisotopic (exact) mass is 311 g/mol. The Morgan fingerprint density at radius 1 is 1.33 bits per heavy atom. The van der Waals surface area contributed by atoms with Crippen LogP contribution in [-0.4, -0.2) is 16.9 Å². The molecule has 5 heteroatoms. The molecule has 0 aromatic carbocycles. The normalized spacial score (nSPS) is 13.0. The summed E-state index contributed by atoms with van der Waals surface area (Å²) < 4.78 is 5.00. The molecule has 0 N–H and O–H groups in total. The second-order valence-corrected chi connectivity index (χ2v) is 7.26. The lowest BCUT2D eigenvalue weighted by molar-refractivity contribution is -0.144. The lowest BCUT2D eigenvalue weighted by Crippen LogP contribution is -2.25. The van der Waals surface area contributed by atoms with E-state index in [9.17, 15) is 9.59 Å². The molecule has 0 saturated carbocycles. The maximum atomic E-state index is 12.3. The van der Waals surface area contributed by atoms with Gasteiger partial charge in [-0.05, 0) is 18.3 Å². The SMILES string of the molecule is CCCCCC(CC(C)(C)C)C(=O)OC(=O)c1cscn1. The summed E-state index contributed by atoms with van der Waals surface area (Å²) in [5.41, 5.74) is 1.78. The van der Waals surface area contributed by atoms with Crippen molar-refractivity contribution in [2.75, 3.05) is 0 Å². The highest BCUT2D eigenvalue weighted by Crippen LogP contribution is 2.28. The van der Waals surface area contributed by atoms with Gasteiger partial charge < -0.3 is 4.74 Å². The number of carbonyl (C=O) groups excluding carboxylic acids is 2. The van der Waals surface area contributed by atoms with Crippen LogP contribution in [0.15, 0.2) is 10.9 Å². The summed E-state index contributed by atoms with van der Waals surface area (Å²) in [5.74, 6) is -1.28. The predicted octanol–water partition coefficient (Wildman–Crippen LogP) is 4.46. The Morgan fingerprint density at radius 2 is 2.05 bits per heavy atom. The number of nitrogens with zero attached hydrogens (tertiary/aromatic N) is 1. The first-order valence-electron chi connectivity index (χ1n) is 7.47. The van der Waals surface area contributed by atoms with Crippen LogP contribution in [0.1, 0.15) is 70.3 Å². The van der Waals surface area contributed by atoms with E-state index < -0.39 is 11.9 Å². The molecule has 1 atom stereocenters. The molecule has 1 heterocycles. The topological polar surface area (TPSA) is 56.3 Å². The Morgan fingerprint density at radius 3 is 2.57 bits per heavy atom. The third-order valence-electron chi connectivity index (χ3n) is 3.18. The average molecular weight is 311 g/mol. The number of esters is 2. The third kappa shape index (κ3) is 6.85. The Bertz CT molecular complexity index is 449. The Hall–Kier alpha value is -1.23. The van der Waals surface area contributed by atoms with Gasteiger partial charge in [0.2, 0.25) is 0 Å². The van der Waals surface area contributed by atoms with Gasteiger partial charge in [-0.1, -0.05) is 47.0 Å². The molecule has 0 aliphatic rings. The number of carbonyl (C=O) groups is 2. The van der Waals surface area contributed by atoms with Gasteiger partial charge in [-0.25, -0.2) is 9.78 Å². The van der Waals surface area contributed by atoms with Crippen LogP contribution in [-0.2, 0) is 9.53 Å². The van der Waals surface area contributed by atoms with Gasteiger partial charge >= 0.3 is 11.9 Å². The number of thiazole rings is 1. The Balaban J connectivity index is 2.63. The van der Waals surface area contributed by atoms with E-state index in [1.165, 1.54) is 11.3 Å². The number of rotatable bonds is 7. The summed E-state index contributed by atoms with van der Waals surface area (Å²) in [7, 11) is 0. The van der Waals surface area contributed by atoms with Gasteiger partial charge in [-0.3, -0.25) is 4.79 Å². The lowest BCUT2D eigenvalue weighted by Gasteiger charge is -2.24. The fraction of sp³-hybridized carbons (Fsp3) is 0.688. The molecule has 118 valence electrons. The maximum absolute atomic E-state index is 12.3. The molecule has 1 aromatic rings. The largest absolute Gasteiger partial charge is 0.388 e. The highest BCUT2D eigenvalue weighted by Gasteiger charge is 2.28. The zero-order valence-electron chi connectivity index (χ0n) is 13.3. The van der Waals surface area contributed by atoms with E-state index in [0.717, 1.165) is 32.1 Å². The predicted molar refractivity (Wildman–Crippen MR) is 84.2 cm³/mol. The minimum absolute atomic E-state index is 0.0274. The summed E-state index contributed by atoms with van der Waals surface area (Å²) in [6.45, 7) is 8.41. The highest BCUT2D eigenvalue weighted by atomic mass is 32.1. The summed E-state index contributed by atoms with van der Waals surface area (Å²) >= 11 is 1.31. The molecule has 0 aliphatic carbocycles. The van der Waals surface area contributed by atoms with Crippen molar-refractivity contribution in [2.45, 2.75) is 59.8 Å². The van der Waals surface area contributed by atoms with E-state index in [1.807, 2.05) is 0 Å². The van der Waals surface area contributed by atoms with Crippen LogP contribution in [0.25, 0.3) is 0 Å². The summed E-state index contributed by atoms with van der Waals surface area (Å²) in [6, 6.07) is 0. The minimum atomic E-state index is -0.643. The van der Waals surface area contributed by atoms with Gasteiger partial charge in [0.1, 0.15) is 0 Å². The van der Waals surface area contributed by atoms with Crippen molar-refractivity contribution in [3.63, 3.8) is 0 Å². The molecular weight excluding hydrogens is 286 g/mol. The van der Waals surface area contributed by atoms with Crippen molar-refractivity contribution in [1.29, 1.82) is 0 Å². The van der Waals surface area contributed by atoms with Crippen molar-refractivity contribution in [3.05, 3.63) is 16.6 Å². The van der Waals surface area contributed by atoms with Crippen molar-refractivity contribution < 1.29 is 14.3 Å². The van der Waals surface area contributed by atoms with Crippen LogP contribution in [0.4, 0.5) is 0 Å². The van der Waals surface area contributed by atoms with E-state index >= 15 is 0 Å². The van der Waals surface area contributed by atoms with Gasteiger partial charge in [0, 0.05) is 5.38 Å². The second kappa shape index (κ2) is 8.27. The molecule has 1 unspecified atom stereocenters. The van der Waals surface area contributed by atoms with Crippen LogP contribution < -0.4 is 0 Å². The van der Waals surface area contributed by atoms with E-state index in [2.05, 4.69) is 32.7 Å². The first-order chi connectivity index (χ1) is 9.83. The fourth-order valence-corrected chi connectivity index (χ4v) is 2.74. The number of aromatic nitrogens is 1. The molecule has 0 aliphatic heterocycles. The fourth-order valence-electron chi connectivity index (χ4n) is 2.22. The van der Waals surface area contributed by atoms with E-state index in [0.29, 0.717) is 0 Å². The lowest BCUT2D eigenvalue weighted by atomic mass is 9.82.